The van der Waals surface area contributed by atoms with Crippen LogP contribution in [-0.2, 0) is 19.5 Å². The summed E-state index contributed by atoms with van der Waals surface area (Å²) in [4.78, 5) is 17.8. The van der Waals surface area contributed by atoms with Crippen molar-refractivity contribution in [3.8, 4) is 22.8 Å². The first kappa shape index (κ1) is 19.0. The Kier molecular flexibility index (Phi) is 5.34. The molecule has 0 atom stereocenters. The smallest absolute Gasteiger partial charge is 0.195 e. The Balaban J connectivity index is 1.30. The molecule has 5 nitrogen and oxygen atoms in total. The van der Waals surface area contributed by atoms with Crippen LogP contribution in [0.25, 0.3) is 22.8 Å². The SMILES string of the molecule is CSc1ccc(-c2cccc(CN3CCc4nc(-c5ccco5)ncc4C3)n2)cc1. The minimum atomic E-state index is 0.661. The first-order valence-corrected chi connectivity index (χ1v) is 11.2. The molecule has 0 saturated carbocycles. The van der Waals surface area contributed by atoms with E-state index in [1.807, 2.05) is 18.3 Å². The Bertz CT molecular complexity index is 1140. The minimum Gasteiger partial charge on any atom is -0.461 e. The molecule has 0 radical (unpaired) electrons. The van der Waals surface area contributed by atoms with Crippen LogP contribution in [0, 0.1) is 0 Å². The van der Waals surface area contributed by atoms with Crippen LogP contribution in [0.5, 0.6) is 0 Å². The highest BCUT2D eigenvalue weighted by Gasteiger charge is 2.20. The van der Waals surface area contributed by atoms with Gasteiger partial charge in [-0.05, 0) is 42.7 Å². The standard InChI is InChI=1S/C24H22N4OS/c1-30-20-9-7-17(8-10-20)21-5-2-4-19(26-21)16-28-12-11-22-18(15-28)14-25-24(27-22)23-6-3-13-29-23/h2-10,13-14H,11-12,15-16H2,1H3. The fourth-order valence-corrected chi connectivity index (χ4v) is 4.16. The summed E-state index contributed by atoms with van der Waals surface area (Å²) in [5.41, 5.74) is 5.54. The van der Waals surface area contributed by atoms with Crippen LogP contribution in [0.3, 0.4) is 0 Å². The molecule has 0 spiro atoms. The van der Waals surface area contributed by atoms with Crippen LogP contribution in [0.15, 0.2) is 76.4 Å². The molecule has 4 aromatic rings. The number of pyridine rings is 1. The second kappa shape index (κ2) is 8.42. The van der Waals surface area contributed by atoms with E-state index in [9.17, 15) is 0 Å². The highest BCUT2D eigenvalue weighted by Crippen LogP contribution is 2.24. The number of furan rings is 1. The molecule has 0 bridgehead atoms. The molecule has 150 valence electrons. The molecule has 0 N–H and O–H groups in total. The molecule has 0 fully saturated rings. The van der Waals surface area contributed by atoms with Crippen LogP contribution in [0.2, 0.25) is 0 Å². The molecule has 5 rings (SSSR count). The van der Waals surface area contributed by atoms with Gasteiger partial charge in [0, 0.05) is 48.3 Å². The van der Waals surface area contributed by atoms with Crippen molar-refractivity contribution in [1.29, 1.82) is 0 Å². The number of hydrogen-bond donors (Lipinski definition) is 0. The van der Waals surface area contributed by atoms with Gasteiger partial charge in [0.05, 0.1) is 23.3 Å². The van der Waals surface area contributed by atoms with E-state index in [0.29, 0.717) is 11.6 Å². The topological polar surface area (TPSA) is 55.1 Å². The summed E-state index contributed by atoms with van der Waals surface area (Å²) in [6, 6.07) is 18.6. The Morgan fingerprint density at radius 2 is 1.93 bits per heavy atom. The number of fused-ring (bicyclic) bond motifs is 1. The van der Waals surface area contributed by atoms with Crippen molar-refractivity contribution in [2.24, 2.45) is 0 Å². The average molecular weight is 415 g/mol. The van der Waals surface area contributed by atoms with Gasteiger partial charge in [0.25, 0.3) is 0 Å². The van der Waals surface area contributed by atoms with Crippen molar-refractivity contribution < 1.29 is 4.42 Å². The van der Waals surface area contributed by atoms with Crippen molar-refractivity contribution in [1.82, 2.24) is 19.9 Å². The highest BCUT2D eigenvalue weighted by molar-refractivity contribution is 7.98. The number of aromatic nitrogens is 3. The fourth-order valence-electron chi connectivity index (χ4n) is 3.75. The maximum absolute atomic E-state index is 5.43. The summed E-state index contributed by atoms with van der Waals surface area (Å²) in [6.07, 6.45) is 6.58. The molecule has 0 aliphatic carbocycles. The van der Waals surface area contributed by atoms with Gasteiger partial charge in [0.2, 0.25) is 0 Å². The van der Waals surface area contributed by atoms with Gasteiger partial charge in [-0.2, -0.15) is 0 Å². The normalized spacial score (nSPS) is 13.9. The van der Waals surface area contributed by atoms with Crippen molar-refractivity contribution in [2.75, 3.05) is 12.8 Å². The third-order valence-corrected chi connectivity index (χ3v) is 6.08. The summed E-state index contributed by atoms with van der Waals surface area (Å²) in [7, 11) is 0. The Labute approximate surface area is 180 Å². The van der Waals surface area contributed by atoms with Gasteiger partial charge in [-0.3, -0.25) is 9.88 Å². The summed E-state index contributed by atoms with van der Waals surface area (Å²) in [5.74, 6) is 1.38. The maximum atomic E-state index is 5.43. The molecule has 0 unspecified atom stereocenters. The van der Waals surface area contributed by atoms with Gasteiger partial charge >= 0.3 is 0 Å². The number of rotatable bonds is 5. The lowest BCUT2D eigenvalue weighted by Crippen LogP contribution is -2.31. The van der Waals surface area contributed by atoms with Crippen molar-refractivity contribution in [2.45, 2.75) is 24.4 Å². The Morgan fingerprint density at radius 3 is 2.73 bits per heavy atom. The van der Waals surface area contributed by atoms with E-state index >= 15 is 0 Å². The lowest BCUT2D eigenvalue weighted by atomic mass is 10.1. The van der Waals surface area contributed by atoms with E-state index < -0.39 is 0 Å². The van der Waals surface area contributed by atoms with Crippen molar-refractivity contribution in [3.63, 3.8) is 0 Å². The van der Waals surface area contributed by atoms with E-state index in [1.165, 1.54) is 10.5 Å². The summed E-state index contributed by atoms with van der Waals surface area (Å²) in [5, 5.41) is 0. The van der Waals surface area contributed by atoms with Crippen LogP contribution >= 0.6 is 11.8 Å². The molecule has 1 aliphatic heterocycles. The third-order valence-electron chi connectivity index (χ3n) is 5.33. The lowest BCUT2D eigenvalue weighted by molar-refractivity contribution is 0.240. The summed E-state index contributed by atoms with van der Waals surface area (Å²) < 4.78 is 5.43. The largest absolute Gasteiger partial charge is 0.461 e. The van der Waals surface area contributed by atoms with Crippen molar-refractivity contribution in [3.05, 3.63) is 84.0 Å². The van der Waals surface area contributed by atoms with Crippen LogP contribution in [0.4, 0.5) is 0 Å². The van der Waals surface area contributed by atoms with Gasteiger partial charge in [0.15, 0.2) is 11.6 Å². The molecule has 30 heavy (non-hydrogen) atoms. The fraction of sp³-hybridized carbons (Fsp3) is 0.208. The molecule has 6 heteroatoms. The Hall–Kier alpha value is -2.96. The highest BCUT2D eigenvalue weighted by atomic mass is 32.2. The zero-order valence-corrected chi connectivity index (χ0v) is 17.6. The Morgan fingerprint density at radius 1 is 1.03 bits per heavy atom. The predicted molar refractivity (Wildman–Crippen MR) is 119 cm³/mol. The van der Waals surface area contributed by atoms with E-state index in [4.69, 9.17) is 14.4 Å². The summed E-state index contributed by atoms with van der Waals surface area (Å²) in [6.45, 7) is 2.61. The van der Waals surface area contributed by atoms with Gasteiger partial charge in [0.1, 0.15) is 0 Å². The van der Waals surface area contributed by atoms with E-state index in [2.05, 4.69) is 58.6 Å². The maximum Gasteiger partial charge on any atom is 0.195 e. The minimum absolute atomic E-state index is 0.661. The molecule has 3 aromatic heterocycles. The number of thioether (sulfide) groups is 1. The van der Waals surface area contributed by atoms with Gasteiger partial charge < -0.3 is 4.42 Å². The molecule has 4 heterocycles. The van der Waals surface area contributed by atoms with E-state index in [-0.39, 0.29) is 0 Å². The molecule has 0 saturated heterocycles. The van der Waals surface area contributed by atoms with Gasteiger partial charge in [-0.25, -0.2) is 9.97 Å². The molecule has 1 aromatic carbocycles. The predicted octanol–water partition coefficient (Wildman–Crippen LogP) is 5.08. The van der Waals surface area contributed by atoms with E-state index in [0.717, 1.165) is 48.7 Å². The quantitative estimate of drug-likeness (QED) is 0.425. The van der Waals surface area contributed by atoms with Crippen LogP contribution < -0.4 is 0 Å². The molecular formula is C24H22N4OS. The number of nitrogens with zero attached hydrogens (tertiary/aromatic N) is 4. The molecule has 0 amide bonds. The average Bonchev–Trinajstić information content (AvgIpc) is 3.34. The van der Waals surface area contributed by atoms with E-state index in [1.54, 1.807) is 18.0 Å². The zero-order valence-electron chi connectivity index (χ0n) is 16.8. The van der Waals surface area contributed by atoms with Crippen LogP contribution in [-0.4, -0.2) is 32.7 Å². The van der Waals surface area contributed by atoms with Crippen molar-refractivity contribution >= 4 is 11.8 Å². The van der Waals surface area contributed by atoms with Crippen LogP contribution in [0.1, 0.15) is 17.0 Å². The monoisotopic (exact) mass is 414 g/mol. The second-order valence-electron chi connectivity index (χ2n) is 7.35. The van der Waals surface area contributed by atoms with Gasteiger partial charge in [-0.1, -0.05) is 18.2 Å². The third kappa shape index (κ3) is 4.01. The number of hydrogen-bond acceptors (Lipinski definition) is 6. The summed E-state index contributed by atoms with van der Waals surface area (Å²) >= 11 is 1.75. The first-order chi connectivity index (χ1) is 14.8. The van der Waals surface area contributed by atoms with Gasteiger partial charge in [-0.15, -0.1) is 11.8 Å². The molecular weight excluding hydrogens is 392 g/mol. The second-order valence-corrected chi connectivity index (χ2v) is 8.23. The molecule has 1 aliphatic rings. The number of benzene rings is 1. The zero-order chi connectivity index (χ0) is 20.3. The lowest BCUT2D eigenvalue weighted by Gasteiger charge is -2.27. The first-order valence-electron chi connectivity index (χ1n) is 10.00.